The largest absolute Gasteiger partial charge is 0.493 e. The van der Waals surface area contributed by atoms with Crippen molar-refractivity contribution in [1.82, 2.24) is 4.90 Å². The van der Waals surface area contributed by atoms with Crippen LogP contribution in [0.1, 0.15) is 56.8 Å². The van der Waals surface area contributed by atoms with Crippen molar-refractivity contribution in [3.05, 3.63) is 29.3 Å². The number of rotatable bonds is 4. The Labute approximate surface area is 127 Å². The van der Waals surface area contributed by atoms with E-state index in [1.807, 2.05) is 12.1 Å². The highest BCUT2D eigenvalue weighted by molar-refractivity contribution is 5.41. The molecule has 0 aromatic heterocycles. The van der Waals surface area contributed by atoms with Crippen molar-refractivity contribution < 1.29 is 9.84 Å². The summed E-state index contributed by atoms with van der Waals surface area (Å²) < 4.78 is 5.57. The molecule has 1 saturated heterocycles. The van der Waals surface area contributed by atoms with Gasteiger partial charge in [-0.15, -0.1) is 0 Å². The zero-order valence-electron chi connectivity index (χ0n) is 13.3. The van der Waals surface area contributed by atoms with Crippen LogP contribution in [-0.4, -0.2) is 35.2 Å². The molecule has 0 amide bonds. The Morgan fingerprint density at radius 3 is 2.76 bits per heavy atom. The van der Waals surface area contributed by atoms with Gasteiger partial charge in [-0.05, 0) is 62.5 Å². The fourth-order valence-corrected chi connectivity index (χ4v) is 3.73. The second-order valence-corrected chi connectivity index (χ2v) is 6.63. The van der Waals surface area contributed by atoms with Crippen LogP contribution < -0.4 is 4.74 Å². The molecule has 0 aliphatic carbocycles. The predicted octanol–water partition coefficient (Wildman–Crippen LogP) is 3.31. The molecule has 116 valence electrons. The van der Waals surface area contributed by atoms with E-state index in [1.165, 1.54) is 24.8 Å². The summed E-state index contributed by atoms with van der Waals surface area (Å²) in [5, 5.41) is 11.0. The number of fused-ring (bicyclic) bond motifs is 1. The monoisotopic (exact) mass is 289 g/mol. The molecule has 1 fully saturated rings. The van der Waals surface area contributed by atoms with E-state index < -0.39 is 6.10 Å². The van der Waals surface area contributed by atoms with Gasteiger partial charge in [-0.1, -0.05) is 19.4 Å². The summed E-state index contributed by atoms with van der Waals surface area (Å²) in [5.74, 6) is 0.988. The first-order valence-electron chi connectivity index (χ1n) is 8.34. The Bertz CT molecular complexity index is 496. The van der Waals surface area contributed by atoms with Crippen molar-refractivity contribution in [2.24, 2.45) is 0 Å². The Morgan fingerprint density at radius 1 is 1.29 bits per heavy atom. The van der Waals surface area contributed by atoms with E-state index in [-0.39, 0.29) is 5.54 Å². The Morgan fingerprint density at radius 2 is 2.05 bits per heavy atom. The van der Waals surface area contributed by atoms with Crippen molar-refractivity contribution in [3.8, 4) is 5.75 Å². The predicted molar refractivity (Wildman–Crippen MR) is 84.7 cm³/mol. The maximum Gasteiger partial charge on any atom is 0.122 e. The standard InChI is InChI=1S/C18H27NO2/c1-3-18(2,19-10-5-4-6-11-19)17(20)15-7-8-16-14(13-15)9-12-21-16/h7-8,13,17,20H,3-6,9-12H2,1-2H3. The van der Waals surface area contributed by atoms with Crippen LogP contribution >= 0.6 is 0 Å². The average Bonchev–Trinajstić information content (AvgIpc) is 3.01. The first kappa shape index (κ1) is 14.9. The van der Waals surface area contributed by atoms with Gasteiger partial charge in [0.2, 0.25) is 0 Å². The van der Waals surface area contributed by atoms with E-state index >= 15 is 0 Å². The third-order valence-electron chi connectivity index (χ3n) is 5.41. The van der Waals surface area contributed by atoms with Crippen LogP contribution in [0.15, 0.2) is 18.2 Å². The van der Waals surface area contributed by atoms with Gasteiger partial charge in [0, 0.05) is 12.0 Å². The number of hydrogen-bond donors (Lipinski definition) is 1. The average molecular weight is 289 g/mol. The van der Waals surface area contributed by atoms with Gasteiger partial charge in [0.15, 0.2) is 0 Å². The Kier molecular flexibility index (Phi) is 4.23. The Hall–Kier alpha value is -1.06. The highest BCUT2D eigenvalue weighted by Crippen LogP contribution is 2.38. The molecular weight excluding hydrogens is 262 g/mol. The number of benzene rings is 1. The molecule has 3 heteroatoms. The molecule has 2 atom stereocenters. The minimum Gasteiger partial charge on any atom is -0.493 e. The van der Waals surface area contributed by atoms with Gasteiger partial charge in [0.05, 0.1) is 12.7 Å². The molecule has 0 radical (unpaired) electrons. The molecule has 2 unspecified atom stereocenters. The summed E-state index contributed by atoms with van der Waals surface area (Å²) >= 11 is 0. The van der Waals surface area contributed by atoms with Crippen molar-refractivity contribution in [3.63, 3.8) is 0 Å². The lowest BCUT2D eigenvalue weighted by Gasteiger charge is -2.46. The van der Waals surface area contributed by atoms with Gasteiger partial charge >= 0.3 is 0 Å². The Balaban J connectivity index is 1.85. The van der Waals surface area contributed by atoms with E-state index in [2.05, 4.69) is 24.8 Å². The summed E-state index contributed by atoms with van der Waals surface area (Å²) in [7, 11) is 0. The molecule has 2 heterocycles. The van der Waals surface area contributed by atoms with Crippen LogP contribution in [0.4, 0.5) is 0 Å². The summed E-state index contributed by atoms with van der Waals surface area (Å²) in [5.41, 5.74) is 2.10. The topological polar surface area (TPSA) is 32.7 Å². The minimum atomic E-state index is -0.438. The number of piperidine rings is 1. The van der Waals surface area contributed by atoms with Crippen LogP contribution in [0.25, 0.3) is 0 Å². The highest BCUT2D eigenvalue weighted by Gasteiger charge is 2.38. The molecule has 21 heavy (non-hydrogen) atoms. The van der Waals surface area contributed by atoms with Crippen molar-refractivity contribution in [1.29, 1.82) is 0 Å². The van der Waals surface area contributed by atoms with Crippen LogP contribution in [0.3, 0.4) is 0 Å². The second-order valence-electron chi connectivity index (χ2n) is 6.63. The zero-order valence-corrected chi connectivity index (χ0v) is 13.3. The van der Waals surface area contributed by atoms with Crippen LogP contribution in [-0.2, 0) is 6.42 Å². The molecule has 1 aromatic rings. The number of nitrogens with zero attached hydrogens (tertiary/aromatic N) is 1. The fourth-order valence-electron chi connectivity index (χ4n) is 3.73. The van der Waals surface area contributed by atoms with Gasteiger partial charge in [-0.2, -0.15) is 0 Å². The molecule has 0 saturated carbocycles. The van der Waals surface area contributed by atoms with Crippen molar-refractivity contribution >= 4 is 0 Å². The number of hydrogen-bond acceptors (Lipinski definition) is 3. The van der Waals surface area contributed by atoms with Crippen molar-refractivity contribution in [2.45, 2.75) is 57.6 Å². The number of ether oxygens (including phenoxy) is 1. The highest BCUT2D eigenvalue weighted by atomic mass is 16.5. The number of aliphatic hydroxyl groups excluding tert-OH is 1. The maximum absolute atomic E-state index is 11.0. The minimum absolute atomic E-state index is 0.173. The molecule has 1 N–H and O–H groups in total. The zero-order chi connectivity index (χ0) is 14.9. The number of likely N-dealkylation sites (tertiary alicyclic amines) is 1. The van der Waals surface area contributed by atoms with Gasteiger partial charge in [-0.3, -0.25) is 4.90 Å². The van der Waals surface area contributed by atoms with E-state index in [1.54, 1.807) is 0 Å². The van der Waals surface area contributed by atoms with Crippen LogP contribution in [0.5, 0.6) is 5.75 Å². The fraction of sp³-hybridized carbons (Fsp3) is 0.667. The molecule has 2 aliphatic heterocycles. The quantitative estimate of drug-likeness (QED) is 0.923. The SMILES string of the molecule is CCC(C)(C(O)c1ccc2c(c1)CCO2)N1CCCCC1. The van der Waals surface area contributed by atoms with E-state index in [0.717, 1.165) is 43.9 Å². The summed E-state index contributed by atoms with van der Waals surface area (Å²) in [6.45, 7) is 7.39. The van der Waals surface area contributed by atoms with Crippen LogP contribution in [0, 0.1) is 0 Å². The first-order valence-corrected chi connectivity index (χ1v) is 8.34. The van der Waals surface area contributed by atoms with Gasteiger partial charge < -0.3 is 9.84 Å². The summed E-state index contributed by atoms with van der Waals surface area (Å²) in [6.07, 6.45) is 5.31. The third-order valence-corrected chi connectivity index (χ3v) is 5.41. The molecule has 0 bridgehead atoms. The molecular formula is C18H27NO2. The van der Waals surface area contributed by atoms with Crippen molar-refractivity contribution in [2.75, 3.05) is 19.7 Å². The summed E-state index contributed by atoms with van der Waals surface area (Å²) in [4.78, 5) is 2.49. The lowest BCUT2D eigenvalue weighted by molar-refractivity contribution is -0.0352. The lowest BCUT2D eigenvalue weighted by Crippen LogP contribution is -2.52. The maximum atomic E-state index is 11.0. The smallest absolute Gasteiger partial charge is 0.122 e. The first-order chi connectivity index (χ1) is 10.1. The molecule has 3 rings (SSSR count). The lowest BCUT2D eigenvalue weighted by atomic mass is 9.83. The normalized spacial score (nSPS) is 23.2. The molecule has 1 aromatic carbocycles. The molecule has 3 nitrogen and oxygen atoms in total. The van der Waals surface area contributed by atoms with Gasteiger partial charge in [0.1, 0.15) is 5.75 Å². The molecule has 0 spiro atoms. The van der Waals surface area contributed by atoms with Gasteiger partial charge in [0.25, 0.3) is 0 Å². The second kappa shape index (κ2) is 5.98. The van der Waals surface area contributed by atoms with Crippen LogP contribution in [0.2, 0.25) is 0 Å². The van der Waals surface area contributed by atoms with E-state index in [9.17, 15) is 5.11 Å². The van der Waals surface area contributed by atoms with Gasteiger partial charge in [-0.25, -0.2) is 0 Å². The summed E-state index contributed by atoms with van der Waals surface area (Å²) in [6, 6.07) is 6.20. The molecule has 2 aliphatic rings. The third kappa shape index (κ3) is 2.69. The number of aliphatic hydroxyl groups is 1. The van der Waals surface area contributed by atoms with E-state index in [0.29, 0.717) is 0 Å². The van der Waals surface area contributed by atoms with E-state index in [4.69, 9.17) is 4.74 Å².